The summed E-state index contributed by atoms with van der Waals surface area (Å²) in [6.07, 6.45) is 4.49. The van der Waals surface area contributed by atoms with Crippen molar-refractivity contribution in [2.24, 2.45) is 5.16 Å². The minimum atomic E-state index is 0.704. The van der Waals surface area contributed by atoms with Crippen molar-refractivity contribution in [2.75, 3.05) is 0 Å². The summed E-state index contributed by atoms with van der Waals surface area (Å²) < 4.78 is 0. The summed E-state index contributed by atoms with van der Waals surface area (Å²) in [5.74, 6) is 0. The molecule has 0 aromatic carbocycles. The fourth-order valence-electron chi connectivity index (χ4n) is 1.33. The molecular formula is C12H16N2O. The molecule has 0 aliphatic heterocycles. The lowest BCUT2D eigenvalue weighted by atomic mass is 10.1. The van der Waals surface area contributed by atoms with E-state index in [1.54, 1.807) is 0 Å². The second-order valence-corrected chi connectivity index (χ2v) is 3.46. The number of hydrogen-bond donors (Lipinski definition) is 1. The fraction of sp³-hybridized carbons (Fsp3) is 0.333. The van der Waals surface area contributed by atoms with Crippen LogP contribution in [-0.4, -0.2) is 15.9 Å². The lowest BCUT2D eigenvalue weighted by molar-refractivity contribution is 0.318. The van der Waals surface area contributed by atoms with E-state index in [0.29, 0.717) is 5.71 Å². The monoisotopic (exact) mass is 204 g/mol. The van der Waals surface area contributed by atoms with Crippen LogP contribution in [0.15, 0.2) is 29.1 Å². The molecule has 0 atom stereocenters. The van der Waals surface area contributed by atoms with E-state index >= 15 is 0 Å². The highest BCUT2D eigenvalue weighted by Crippen LogP contribution is 2.09. The Hall–Kier alpha value is -1.64. The quantitative estimate of drug-likeness (QED) is 0.467. The summed E-state index contributed by atoms with van der Waals surface area (Å²) in [6.45, 7) is 5.84. The van der Waals surface area contributed by atoms with E-state index in [2.05, 4.69) is 10.1 Å². The van der Waals surface area contributed by atoms with Crippen molar-refractivity contribution in [3.05, 3.63) is 35.2 Å². The molecule has 0 bridgehead atoms. The first-order valence-electron chi connectivity index (χ1n) is 4.99. The Morgan fingerprint density at radius 1 is 1.53 bits per heavy atom. The van der Waals surface area contributed by atoms with Crippen LogP contribution in [-0.2, 0) is 0 Å². The minimum absolute atomic E-state index is 0.704. The van der Waals surface area contributed by atoms with E-state index in [1.807, 2.05) is 45.2 Å². The van der Waals surface area contributed by atoms with Crippen LogP contribution in [0.1, 0.15) is 31.5 Å². The lowest BCUT2D eigenvalue weighted by Gasteiger charge is -2.01. The van der Waals surface area contributed by atoms with Gasteiger partial charge in [-0.25, -0.2) is 0 Å². The second kappa shape index (κ2) is 5.29. The molecule has 1 aromatic rings. The van der Waals surface area contributed by atoms with Crippen molar-refractivity contribution in [1.82, 2.24) is 4.98 Å². The zero-order chi connectivity index (χ0) is 11.3. The summed E-state index contributed by atoms with van der Waals surface area (Å²) in [7, 11) is 0. The van der Waals surface area contributed by atoms with Gasteiger partial charge in [0, 0.05) is 11.9 Å². The largest absolute Gasteiger partial charge is 0.411 e. The summed E-state index contributed by atoms with van der Waals surface area (Å²) in [5.41, 5.74) is 3.69. The maximum Gasteiger partial charge on any atom is 0.0822 e. The Kier molecular flexibility index (Phi) is 4.03. The molecule has 1 heterocycles. The molecule has 0 radical (unpaired) electrons. The average Bonchev–Trinajstić information content (AvgIpc) is 2.23. The van der Waals surface area contributed by atoms with Crippen LogP contribution in [0, 0.1) is 6.92 Å². The van der Waals surface area contributed by atoms with Crippen LogP contribution in [0.5, 0.6) is 0 Å². The molecule has 3 nitrogen and oxygen atoms in total. The van der Waals surface area contributed by atoms with Gasteiger partial charge >= 0.3 is 0 Å². The summed E-state index contributed by atoms with van der Waals surface area (Å²) in [4.78, 5) is 4.20. The second-order valence-electron chi connectivity index (χ2n) is 3.46. The highest BCUT2D eigenvalue weighted by Gasteiger charge is 1.99. The van der Waals surface area contributed by atoms with E-state index in [-0.39, 0.29) is 0 Å². The molecule has 0 fully saturated rings. The smallest absolute Gasteiger partial charge is 0.0822 e. The summed E-state index contributed by atoms with van der Waals surface area (Å²) in [6, 6.07) is 3.96. The standard InChI is InChI=1S/C12H16N2O/c1-4-12(14-15)9(2)7-11-6-5-10(3)13-8-11/h5-8,15H,4H2,1-3H3/b9-7+,14-12+. The summed E-state index contributed by atoms with van der Waals surface area (Å²) in [5, 5.41) is 12.0. The molecule has 1 N–H and O–H groups in total. The average molecular weight is 204 g/mol. The van der Waals surface area contributed by atoms with Gasteiger partial charge in [0.2, 0.25) is 0 Å². The number of hydrogen-bond acceptors (Lipinski definition) is 3. The van der Waals surface area contributed by atoms with Gasteiger partial charge in [0.1, 0.15) is 0 Å². The first kappa shape index (κ1) is 11.4. The van der Waals surface area contributed by atoms with Crippen molar-refractivity contribution >= 4 is 11.8 Å². The first-order chi connectivity index (χ1) is 7.17. The molecule has 1 aromatic heterocycles. The van der Waals surface area contributed by atoms with Crippen molar-refractivity contribution in [3.63, 3.8) is 0 Å². The molecule has 0 unspecified atom stereocenters. The molecule has 0 amide bonds. The Morgan fingerprint density at radius 2 is 2.27 bits per heavy atom. The number of nitrogens with zero attached hydrogens (tertiary/aromatic N) is 2. The molecule has 0 spiro atoms. The number of allylic oxidation sites excluding steroid dienone is 1. The van der Waals surface area contributed by atoms with Crippen LogP contribution in [0.4, 0.5) is 0 Å². The third-order valence-corrected chi connectivity index (χ3v) is 2.23. The number of oxime groups is 1. The molecule has 3 heteroatoms. The van der Waals surface area contributed by atoms with Gasteiger partial charge in [-0.1, -0.05) is 18.1 Å². The van der Waals surface area contributed by atoms with E-state index in [4.69, 9.17) is 5.21 Å². The van der Waals surface area contributed by atoms with Gasteiger partial charge in [0.25, 0.3) is 0 Å². The van der Waals surface area contributed by atoms with Crippen molar-refractivity contribution in [1.29, 1.82) is 0 Å². The topological polar surface area (TPSA) is 45.5 Å². The molecule has 1 rings (SSSR count). The van der Waals surface area contributed by atoms with Gasteiger partial charge in [-0.3, -0.25) is 4.98 Å². The Labute approximate surface area is 90.2 Å². The predicted octanol–water partition coefficient (Wildman–Crippen LogP) is 3.03. The highest BCUT2D eigenvalue weighted by atomic mass is 16.4. The minimum Gasteiger partial charge on any atom is -0.411 e. The molecular weight excluding hydrogens is 188 g/mol. The van der Waals surface area contributed by atoms with Gasteiger partial charge in [0.15, 0.2) is 0 Å². The number of aromatic nitrogens is 1. The zero-order valence-corrected chi connectivity index (χ0v) is 9.36. The van der Waals surface area contributed by atoms with Gasteiger partial charge in [-0.2, -0.15) is 0 Å². The number of rotatable bonds is 3. The number of pyridine rings is 1. The van der Waals surface area contributed by atoms with Crippen LogP contribution >= 0.6 is 0 Å². The van der Waals surface area contributed by atoms with Crippen LogP contribution in [0.3, 0.4) is 0 Å². The van der Waals surface area contributed by atoms with E-state index in [0.717, 1.165) is 23.3 Å². The molecule has 0 aliphatic carbocycles. The van der Waals surface area contributed by atoms with Crippen molar-refractivity contribution < 1.29 is 5.21 Å². The SMILES string of the molecule is CCC(=N\O)/C(C)=C/c1ccc(C)nc1. The van der Waals surface area contributed by atoms with Gasteiger partial charge in [-0.15, -0.1) is 0 Å². The zero-order valence-electron chi connectivity index (χ0n) is 9.36. The van der Waals surface area contributed by atoms with Crippen LogP contribution < -0.4 is 0 Å². The normalized spacial score (nSPS) is 13.0. The van der Waals surface area contributed by atoms with Gasteiger partial charge in [-0.05, 0) is 43.5 Å². The van der Waals surface area contributed by atoms with Crippen LogP contribution in [0.25, 0.3) is 6.08 Å². The maximum atomic E-state index is 8.75. The van der Waals surface area contributed by atoms with Gasteiger partial charge < -0.3 is 5.21 Å². The van der Waals surface area contributed by atoms with E-state index < -0.39 is 0 Å². The molecule has 15 heavy (non-hydrogen) atoms. The molecule has 0 aliphatic rings. The Balaban J connectivity index is 2.92. The van der Waals surface area contributed by atoms with E-state index in [9.17, 15) is 0 Å². The lowest BCUT2D eigenvalue weighted by Crippen LogP contribution is -1.97. The molecule has 0 saturated heterocycles. The van der Waals surface area contributed by atoms with Gasteiger partial charge in [0.05, 0.1) is 5.71 Å². The molecule has 80 valence electrons. The van der Waals surface area contributed by atoms with E-state index in [1.165, 1.54) is 0 Å². The molecule has 0 saturated carbocycles. The Morgan fingerprint density at radius 3 is 2.73 bits per heavy atom. The highest BCUT2D eigenvalue weighted by molar-refractivity contribution is 6.02. The Bertz CT molecular complexity index is 377. The van der Waals surface area contributed by atoms with Crippen molar-refractivity contribution in [2.45, 2.75) is 27.2 Å². The third-order valence-electron chi connectivity index (χ3n) is 2.23. The first-order valence-corrected chi connectivity index (χ1v) is 4.99. The third kappa shape index (κ3) is 3.20. The van der Waals surface area contributed by atoms with Crippen molar-refractivity contribution in [3.8, 4) is 0 Å². The number of aryl methyl sites for hydroxylation is 1. The maximum absolute atomic E-state index is 8.75. The van der Waals surface area contributed by atoms with Crippen LogP contribution in [0.2, 0.25) is 0 Å². The summed E-state index contributed by atoms with van der Waals surface area (Å²) >= 11 is 0. The fourth-order valence-corrected chi connectivity index (χ4v) is 1.33. The predicted molar refractivity (Wildman–Crippen MR) is 62.1 cm³/mol.